The van der Waals surface area contributed by atoms with Gasteiger partial charge in [0.25, 0.3) is 5.91 Å². The summed E-state index contributed by atoms with van der Waals surface area (Å²) >= 11 is 3.51. The predicted molar refractivity (Wildman–Crippen MR) is 109 cm³/mol. The maximum Gasteiger partial charge on any atom is 0.252 e. The summed E-state index contributed by atoms with van der Waals surface area (Å²) in [6, 6.07) is 15.7. The Morgan fingerprint density at radius 3 is 2.96 bits per heavy atom. The lowest BCUT2D eigenvalue weighted by atomic mass is 9.99. The molecule has 0 bridgehead atoms. The van der Waals surface area contributed by atoms with Gasteiger partial charge in [-0.25, -0.2) is 0 Å². The van der Waals surface area contributed by atoms with Crippen LogP contribution in [0, 0.1) is 0 Å². The maximum atomic E-state index is 12.9. The van der Waals surface area contributed by atoms with Crippen LogP contribution in [0.25, 0.3) is 0 Å². The quantitative estimate of drug-likeness (QED) is 0.855. The minimum atomic E-state index is -0.0242. The molecule has 0 radical (unpaired) electrons. The van der Waals surface area contributed by atoms with Crippen molar-refractivity contribution < 1.29 is 9.53 Å². The first-order valence-corrected chi connectivity index (χ1v) is 10.7. The van der Waals surface area contributed by atoms with Gasteiger partial charge in [-0.15, -0.1) is 0 Å². The number of hydrogen-bond donors (Lipinski definition) is 1. The molecule has 2 heterocycles. The molecule has 0 spiro atoms. The molecule has 0 saturated carbocycles. The van der Waals surface area contributed by atoms with Crippen LogP contribution in [0.2, 0.25) is 0 Å². The highest BCUT2D eigenvalue weighted by molar-refractivity contribution is 8.38. The number of para-hydroxylation sites is 1. The maximum absolute atomic E-state index is 12.9. The summed E-state index contributed by atoms with van der Waals surface area (Å²) in [7, 11) is 0. The van der Waals surface area contributed by atoms with Crippen molar-refractivity contribution in [3.8, 4) is 5.75 Å². The number of aliphatic imine (C=N–C) groups is 1. The van der Waals surface area contributed by atoms with E-state index in [0.717, 1.165) is 51.3 Å². The average molecular weight is 385 g/mol. The van der Waals surface area contributed by atoms with Gasteiger partial charge in [0, 0.05) is 29.1 Å². The first-order chi connectivity index (χ1) is 12.8. The van der Waals surface area contributed by atoms with Gasteiger partial charge >= 0.3 is 0 Å². The summed E-state index contributed by atoms with van der Waals surface area (Å²) in [5.41, 5.74) is 2.84. The van der Waals surface area contributed by atoms with E-state index in [0.29, 0.717) is 6.61 Å². The molecular weight excluding hydrogens is 364 g/mol. The second-order valence-corrected chi connectivity index (χ2v) is 8.45. The van der Waals surface area contributed by atoms with Gasteiger partial charge in [0.2, 0.25) is 0 Å². The molecule has 2 aliphatic heterocycles. The Bertz CT molecular complexity index is 838. The molecular formula is C20H20N2O2S2. The van der Waals surface area contributed by atoms with Crippen molar-refractivity contribution in [3.63, 3.8) is 0 Å². The molecule has 0 fully saturated rings. The van der Waals surface area contributed by atoms with E-state index >= 15 is 0 Å². The zero-order valence-electron chi connectivity index (χ0n) is 14.3. The number of nitrogens with one attached hydrogen (secondary N) is 1. The van der Waals surface area contributed by atoms with E-state index in [1.807, 2.05) is 48.5 Å². The van der Waals surface area contributed by atoms with Crippen molar-refractivity contribution in [1.82, 2.24) is 5.32 Å². The average Bonchev–Trinajstić information content (AvgIpc) is 3.20. The van der Waals surface area contributed by atoms with Gasteiger partial charge in [0.05, 0.1) is 19.2 Å². The summed E-state index contributed by atoms with van der Waals surface area (Å²) in [5, 5.41) is 3.20. The molecule has 6 heteroatoms. The van der Waals surface area contributed by atoms with Crippen LogP contribution < -0.4 is 10.1 Å². The Labute approximate surface area is 161 Å². The zero-order chi connectivity index (χ0) is 17.8. The molecule has 26 heavy (non-hydrogen) atoms. The molecule has 2 aromatic carbocycles. The third-order valence-corrected chi connectivity index (χ3v) is 6.74. The second kappa shape index (κ2) is 8.18. The standard InChI is InChI=1S/C20H20N2O2S2/c23-19(22-17-9-11-24-18-8-4-3-7-16(17)18)15-6-2-1-5-14(15)13-26-20-21-10-12-25-20/h1-8,17H,9-13H2,(H,22,23)/t17-/m1/s1. The minimum absolute atomic E-state index is 0.0112. The van der Waals surface area contributed by atoms with Crippen molar-refractivity contribution in [2.45, 2.75) is 18.2 Å². The highest BCUT2D eigenvalue weighted by Gasteiger charge is 2.24. The van der Waals surface area contributed by atoms with Crippen molar-refractivity contribution in [2.75, 3.05) is 18.9 Å². The van der Waals surface area contributed by atoms with E-state index < -0.39 is 0 Å². The number of amides is 1. The highest BCUT2D eigenvalue weighted by Crippen LogP contribution is 2.32. The Balaban J connectivity index is 1.48. The molecule has 0 aromatic heterocycles. The second-order valence-electron chi connectivity index (χ2n) is 6.14. The highest BCUT2D eigenvalue weighted by atomic mass is 32.2. The summed E-state index contributed by atoms with van der Waals surface area (Å²) in [5.74, 6) is 2.67. The molecule has 0 saturated heterocycles. The van der Waals surface area contributed by atoms with E-state index in [1.165, 1.54) is 0 Å². The number of thioether (sulfide) groups is 2. The van der Waals surface area contributed by atoms with E-state index in [1.54, 1.807) is 23.5 Å². The predicted octanol–water partition coefficient (Wildman–Crippen LogP) is 4.28. The van der Waals surface area contributed by atoms with Crippen LogP contribution in [0.5, 0.6) is 5.75 Å². The lowest BCUT2D eigenvalue weighted by molar-refractivity contribution is 0.0924. The number of fused-ring (bicyclic) bond motifs is 1. The molecule has 0 unspecified atom stereocenters. The normalized spacial score (nSPS) is 18.6. The number of carbonyl (C=O) groups excluding carboxylic acids is 1. The Morgan fingerprint density at radius 1 is 1.23 bits per heavy atom. The molecule has 134 valence electrons. The fourth-order valence-electron chi connectivity index (χ4n) is 3.14. The number of hydrogen-bond acceptors (Lipinski definition) is 5. The smallest absolute Gasteiger partial charge is 0.252 e. The molecule has 2 aromatic rings. The van der Waals surface area contributed by atoms with E-state index in [-0.39, 0.29) is 11.9 Å². The molecule has 1 atom stereocenters. The monoisotopic (exact) mass is 384 g/mol. The number of carbonyl (C=O) groups is 1. The van der Waals surface area contributed by atoms with Crippen LogP contribution in [0.4, 0.5) is 0 Å². The number of ether oxygens (including phenoxy) is 1. The largest absolute Gasteiger partial charge is 0.493 e. The third kappa shape index (κ3) is 3.91. The van der Waals surface area contributed by atoms with Crippen molar-refractivity contribution in [1.29, 1.82) is 0 Å². The minimum Gasteiger partial charge on any atom is -0.493 e. The van der Waals surface area contributed by atoms with Gasteiger partial charge in [-0.3, -0.25) is 9.79 Å². The van der Waals surface area contributed by atoms with E-state index in [9.17, 15) is 4.79 Å². The van der Waals surface area contributed by atoms with Gasteiger partial charge < -0.3 is 10.1 Å². The van der Waals surface area contributed by atoms with Crippen molar-refractivity contribution in [3.05, 3.63) is 65.2 Å². The Morgan fingerprint density at radius 2 is 2.08 bits per heavy atom. The van der Waals surface area contributed by atoms with Crippen LogP contribution in [0.3, 0.4) is 0 Å². The van der Waals surface area contributed by atoms with Crippen molar-refractivity contribution >= 4 is 33.8 Å². The van der Waals surface area contributed by atoms with Crippen LogP contribution in [0.1, 0.15) is 33.9 Å². The third-order valence-electron chi connectivity index (χ3n) is 4.43. The summed E-state index contributed by atoms with van der Waals surface area (Å²) < 4.78 is 6.81. The number of nitrogens with zero attached hydrogens (tertiary/aromatic N) is 1. The zero-order valence-corrected chi connectivity index (χ0v) is 15.9. The first kappa shape index (κ1) is 17.5. The number of benzene rings is 2. The molecule has 1 amide bonds. The lowest BCUT2D eigenvalue weighted by Crippen LogP contribution is -2.32. The Kier molecular flexibility index (Phi) is 5.51. The number of rotatable bonds is 4. The van der Waals surface area contributed by atoms with Crippen LogP contribution in [-0.2, 0) is 5.75 Å². The fourth-order valence-corrected chi connectivity index (χ4v) is 5.15. The van der Waals surface area contributed by atoms with Crippen LogP contribution in [0.15, 0.2) is 53.5 Å². The van der Waals surface area contributed by atoms with Crippen molar-refractivity contribution in [2.24, 2.45) is 4.99 Å². The summed E-state index contributed by atoms with van der Waals surface area (Å²) in [6.45, 7) is 1.52. The van der Waals surface area contributed by atoms with Gasteiger partial charge in [-0.05, 0) is 17.7 Å². The van der Waals surface area contributed by atoms with Crippen LogP contribution >= 0.6 is 23.5 Å². The van der Waals surface area contributed by atoms with Gasteiger partial charge in [-0.1, -0.05) is 59.9 Å². The summed E-state index contributed by atoms with van der Waals surface area (Å²) in [6.07, 6.45) is 0.785. The van der Waals surface area contributed by atoms with E-state index in [4.69, 9.17) is 4.74 Å². The van der Waals surface area contributed by atoms with Crippen LogP contribution in [-0.4, -0.2) is 29.2 Å². The molecule has 0 aliphatic carbocycles. The molecule has 4 nitrogen and oxygen atoms in total. The molecule has 2 aliphatic rings. The SMILES string of the molecule is O=C(N[C@@H]1CCOc2ccccc21)c1ccccc1CSC1=NCCS1. The molecule has 1 N–H and O–H groups in total. The molecule has 4 rings (SSSR count). The van der Waals surface area contributed by atoms with Gasteiger partial charge in [-0.2, -0.15) is 0 Å². The van der Waals surface area contributed by atoms with Gasteiger partial charge in [0.15, 0.2) is 0 Å². The summed E-state index contributed by atoms with van der Waals surface area (Å²) in [4.78, 5) is 17.4. The fraction of sp³-hybridized carbons (Fsp3) is 0.300. The first-order valence-electron chi connectivity index (χ1n) is 8.72. The topological polar surface area (TPSA) is 50.7 Å². The lowest BCUT2D eigenvalue weighted by Gasteiger charge is -2.27. The van der Waals surface area contributed by atoms with E-state index in [2.05, 4.69) is 10.3 Å². The van der Waals surface area contributed by atoms with Gasteiger partial charge in [0.1, 0.15) is 10.1 Å². The Hall–Kier alpha value is -1.92.